The molecule has 1 saturated heterocycles. The van der Waals surface area contributed by atoms with Gasteiger partial charge in [-0.15, -0.1) is 0 Å². The molecule has 2 aromatic carbocycles. The summed E-state index contributed by atoms with van der Waals surface area (Å²) in [7, 11) is -2.31. The second kappa shape index (κ2) is 12.7. The van der Waals surface area contributed by atoms with Crippen molar-refractivity contribution in [2.45, 2.75) is 50.7 Å². The van der Waals surface area contributed by atoms with Gasteiger partial charge in [0, 0.05) is 38.6 Å². The van der Waals surface area contributed by atoms with Crippen molar-refractivity contribution in [3.63, 3.8) is 0 Å². The number of sulfonamides is 1. The van der Waals surface area contributed by atoms with Gasteiger partial charge in [0.25, 0.3) is 5.91 Å². The van der Waals surface area contributed by atoms with Crippen LogP contribution in [0.1, 0.15) is 42.6 Å². The molecule has 40 heavy (non-hydrogen) atoms. The molecule has 2 aliphatic heterocycles. The van der Waals surface area contributed by atoms with Gasteiger partial charge in [-0.1, -0.05) is 30.7 Å². The summed E-state index contributed by atoms with van der Waals surface area (Å²) in [4.78, 5) is 28.5. The molecular weight excluding hydrogens is 534 g/mol. The SMILES string of the molecule is Cc1ccc(S(=O)(=O)N(C)C[C@H]2Oc3c(NC(=O)C4CCOCC4)cccc3C(=O)N([C@@H](C)CO)C[C@H]2C)cc1. The first kappa shape index (κ1) is 30.0. The summed E-state index contributed by atoms with van der Waals surface area (Å²) < 4.78 is 39.9. The van der Waals surface area contributed by atoms with Crippen LogP contribution in [-0.4, -0.2) is 86.6 Å². The zero-order valence-electron chi connectivity index (χ0n) is 23.5. The molecule has 0 bridgehead atoms. The highest BCUT2D eigenvalue weighted by Gasteiger charge is 2.36. The van der Waals surface area contributed by atoms with E-state index in [1.165, 1.54) is 11.4 Å². The van der Waals surface area contributed by atoms with Crippen LogP contribution in [0.2, 0.25) is 0 Å². The van der Waals surface area contributed by atoms with Gasteiger partial charge in [-0.2, -0.15) is 4.31 Å². The van der Waals surface area contributed by atoms with Crippen LogP contribution >= 0.6 is 0 Å². The molecule has 2 heterocycles. The molecule has 2 amide bonds. The molecule has 2 aliphatic rings. The number of carbonyl (C=O) groups is 2. The number of anilines is 1. The Kier molecular flexibility index (Phi) is 9.50. The Hall–Kier alpha value is -2.99. The van der Waals surface area contributed by atoms with Gasteiger partial charge in [0.2, 0.25) is 15.9 Å². The fourth-order valence-electron chi connectivity index (χ4n) is 5.00. The highest BCUT2D eigenvalue weighted by Crippen LogP contribution is 2.36. The van der Waals surface area contributed by atoms with Crippen LogP contribution < -0.4 is 10.1 Å². The number of hydrogen-bond acceptors (Lipinski definition) is 7. The van der Waals surface area contributed by atoms with E-state index in [2.05, 4.69) is 5.32 Å². The molecule has 0 aliphatic carbocycles. The lowest BCUT2D eigenvalue weighted by Crippen LogP contribution is -2.50. The van der Waals surface area contributed by atoms with Gasteiger partial charge in [-0.05, 0) is 51.0 Å². The number of fused-ring (bicyclic) bond motifs is 1. The molecule has 4 rings (SSSR count). The van der Waals surface area contributed by atoms with Gasteiger partial charge >= 0.3 is 0 Å². The van der Waals surface area contributed by atoms with Gasteiger partial charge in [0.05, 0.1) is 35.3 Å². The largest absolute Gasteiger partial charge is 0.486 e. The van der Waals surface area contributed by atoms with E-state index in [-0.39, 0.29) is 59.6 Å². The van der Waals surface area contributed by atoms with Crippen LogP contribution in [-0.2, 0) is 19.6 Å². The lowest BCUT2D eigenvalue weighted by Gasteiger charge is -2.38. The van der Waals surface area contributed by atoms with Crippen molar-refractivity contribution in [1.29, 1.82) is 0 Å². The molecule has 0 saturated carbocycles. The maximum atomic E-state index is 13.7. The fraction of sp³-hybridized carbons (Fsp3) is 0.517. The van der Waals surface area contributed by atoms with Gasteiger partial charge in [-0.3, -0.25) is 9.59 Å². The number of nitrogens with one attached hydrogen (secondary N) is 1. The predicted molar refractivity (Wildman–Crippen MR) is 151 cm³/mol. The Morgan fingerprint density at radius 1 is 1.18 bits per heavy atom. The predicted octanol–water partition coefficient (Wildman–Crippen LogP) is 2.90. The number of benzene rings is 2. The van der Waals surface area contributed by atoms with Crippen LogP contribution in [0.3, 0.4) is 0 Å². The van der Waals surface area contributed by atoms with Gasteiger partial charge in [-0.25, -0.2) is 8.42 Å². The van der Waals surface area contributed by atoms with Crippen LogP contribution in [0.5, 0.6) is 5.75 Å². The van der Waals surface area contributed by atoms with E-state index in [1.807, 2.05) is 13.8 Å². The minimum absolute atomic E-state index is 0.00853. The van der Waals surface area contributed by atoms with Crippen LogP contribution in [0.25, 0.3) is 0 Å². The van der Waals surface area contributed by atoms with Crippen LogP contribution in [0.15, 0.2) is 47.4 Å². The Balaban J connectivity index is 1.69. The molecule has 218 valence electrons. The number of amides is 2. The Morgan fingerprint density at radius 3 is 2.50 bits per heavy atom. The number of ether oxygens (including phenoxy) is 2. The topological polar surface area (TPSA) is 125 Å². The van der Waals surface area contributed by atoms with E-state index in [4.69, 9.17) is 9.47 Å². The number of carbonyl (C=O) groups excluding carboxylic acids is 2. The highest BCUT2D eigenvalue weighted by atomic mass is 32.2. The molecule has 2 aromatic rings. The number of para-hydroxylation sites is 1. The van der Waals surface area contributed by atoms with Crippen molar-refractivity contribution in [2.24, 2.45) is 11.8 Å². The molecular formula is C29H39N3O7S. The van der Waals surface area contributed by atoms with Crippen LogP contribution in [0.4, 0.5) is 5.69 Å². The van der Waals surface area contributed by atoms with E-state index in [0.29, 0.717) is 31.7 Å². The maximum absolute atomic E-state index is 13.7. The van der Waals surface area contributed by atoms with Crippen molar-refractivity contribution in [3.05, 3.63) is 53.6 Å². The van der Waals surface area contributed by atoms with Gasteiger partial charge < -0.3 is 24.8 Å². The van der Waals surface area contributed by atoms with Crippen molar-refractivity contribution in [3.8, 4) is 5.75 Å². The zero-order valence-corrected chi connectivity index (χ0v) is 24.3. The summed E-state index contributed by atoms with van der Waals surface area (Å²) in [6.45, 7) is 6.57. The summed E-state index contributed by atoms with van der Waals surface area (Å²) in [5, 5.41) is 12.8. The monoisotopic (exact) mass is 573 g/mol. The Labute approximate surface area is 236 Å². The average molecular weight is 574 g/mol. The number of hydrogen-bond donors (Lipinski definition) is 2. The number of likely N-dealkylation sites (N-methyl/N-ethyl adjacent to an activating group) is 1. The number of aliphatic hydroxyl groups excluding tert-OH is 1. The summed E-state index contributed by atoms with van der Waals surface area (Å²) >= 11 is 0. The summed E-state index contributed by atoms with van der Waals surface area (Å²) in [6.07, 6.45) is 0.541. The second-order valence-corrected chi connectivity index (χ2v) is 12.8. The molecule has 0 radical (unpaired) electrons. The van der Waals surface area contributed by atoms with Gasteiger partial charge in [0.15, 0.2) is 5.75 Å². The first-order valence-corrected chi connectivity index (χ1v) is 15.1. The van der Waals surface area contributed by atoms with E-state index < -0.39 is 22.2 Å². The minimum Gasteiger partial charge on any atom is -0.486 e. The number of aliphatic hydroxyl groups is 1. The molecule has 11 heteroatoms. The van der Waals surface area contributed by atoms with Crippen molar-refractivity contribution in [1.82, 2.24) is 9.21 Å². The lowest BCUT2D eigenvalue weighted by molar-refractivity contribution is -0.122. The first-order valence-electron chi connectivity index (χ1n) is 13.7. The molecule has 0 aromatic heterocycles. The number of nitrogens with zero attached hydrogens (tertiary/aromatic N) is 2. The Bertz CT molecular complexity index is 1310. The average Bonchev–Trinajstić information content (AvgIpc) is 2.95. The summed E-state index contributed by atoms with van der Waals surface area (Å²) in [5.41, 5.74) is 1.54. The van der Waals surface area contributed by atoms with E-state index >= 15 is 0 Å². The van der Waals surface area contributed by atoms with Crippen molar-refractivity contribution >= 4 is 27.5 Å². The van der Waals surface area contributed by atoms with Crippen LogP contribution in [0, 0.1) is 18.8 Å². The second-order valence-electron chi connectivity index (χ2n) is 10.8. The van der Waals surface area contributed by atoms with E-state index in [9.17, 15) is 23.1 Å². The standard InChI is InChI=1S/C29H39N3O7S/c1-19-8-10-23(11-9-19)40(36,37)31(4)17-26-20(2)16-32(21(3)18-33)29(35)24-6-5-7-25(27(24)39-26)30-28(34)22-12-14-38-15-13-22/h5-11,20-22,26,33H,12-18H2,1-4H3,(H,30,34)/t20-,21+,26-/m1/s1. The lowest BCUT2D eigenvalue weighted by atomic mass is 9.98. The summed E-state index contributed by atoms with van der Waals surface area (Å²) in [6, 6.07) is 11.2. The van der Waals surface area contributed by atoms with Crippen molar-refractivity contribution < 1.29 is 32.6 Å². The van der Waals surface area contributed by atoms with E-state index in [1.54, 1.807) is 54.3 Å². The van der Waals surface area contributed by atoms with Crippen molar-refractivity contribution in [2.75, 3.05) is 45.3 Å². The normalized spacial score (nSPS) is 21.2. The molecule has 0 spiro atoms. The molecule has 0 unspecified atom stereocenters. The van der Waals surface area contributed by atoms with E-state index in [0.717, 1.165) is 5.56 Å². The third-order valence-corrected chi connectivity index (χ3v) is 9.54. The number of rotatable bonds is 8. The third kappa shape index (κ3) is 6.49. The smallest absolute Gasteiger partial charge is 0.258 e. The summed E-state index contributed by atoms with van der Waals surface area (Å²) in [5.74, 6) is -0.842. The molecule has 3 atom stereocenters. The quantitative estimate of drug-likeness (QED) is 0.498. The number of aryl methyl sites for hydroxylation is 1. The highest BCUT2D eigenvalue weighted by molar-refractivity contribution is 7.89. The fourth-order valence-corrected chi connectivity index (χ4v) is 6.18. The third-order valence-electron chi connectivity index (χ3n) is 7.71. The maximum Gasteiger partial charge on any atom is 0.258 e. The van der Waals surface area contributed by atoms with Gasteiger partial charge in [0.1, 0.15) is 6.10 Å². The Morgan fingerprint density at radius 2 is 1.85 bits per heavy atom. The molecule has 10 nitrogen and oxygen atoms in total. The first-order chi connectivity index (χ1) is 19.0. The molecule has 1 fully saturated rings. The minimum atomic E-state index is -3.81. The molecule has 2 N–H and O–H groups in total. The zero-order chi connectivity index (χ0) is 29.0.